The van der Waals surface area contributed by atoms with E-state index in [9.17, 15) is 0 Å². The van der Waals surface area contributed by atoms with E-state index < -0.39 is 0 Å². The lowest BCUT2D eigenvalue weighted by atomic mass is 10.1. The van der Waals surface area contributed by atoms with Gasteiger partial charge < -0.3 is 11.1 Å². The summed E-state index contributed by atoms with van der Waals surface area (Å²) < 4.78 is 0. The maximum atomic E-state index is 5.81. The molecule has 2 aromatic heterocycles. The highest BCUT2D eigenvalue weighted by molar-refractivity contribution is 7.80. The summed E-state index contributed by atoms with van der Waals surface area (Å²) in [4.78, 5) is 5.11. The van der Waals surface area contributed by atoms with Gasteiger partial charge >= 0.3 is 0 Å². The van der Waals surface area contributed by atoms with Crippen LogP contribution in [0.1, 0.15) is 28.8 Å². The maximum absolute atomic E-state index is 5.81. The Morgan fingerprint density at radius 1 is 1.47 bits per heavy atom. The lowest BCUT2D eigenvalue weighted by molar-refractivity contribution is 0.899. The van der Waals surface area contributed by atoms with E-state index in [1.165, 1.54) is 23.2 Å². The first-order chi connectivity index (χ1) is 9.24. The highest BCUT2D eigenvalue weighted by atomic mass is 32.1. The summed E-state index contributed by atoms with van der Waals surface area (Å²) in [7, 11) is 0. The van der Waals surface area contributed by atoms with Crippen molar-refractivity contribution in [2.45, 2.75) is 25.8 Å². The van der Waals surface area contributed by atoms with Crippen LogP contribution in [-0.4, -0.2) is 9.97 Å². The Morgan fingerprint density at radius 3 is 3.11 bits per heavy atom. The monoisotopic (exact) mass is 289 g/mol. The van der Waals surface area contributed by atoms with Gasteiger partial charge in [-0.15, -0.1) is 0 Å². The van der Waals surface area contributed by atoms with E-state index >= 15 is 0 Å². The Bertz CT molecular complexity index is 605. The number of nitrogens with two attached hydrogens (primary N) is 1. The molecular formula is C14H15N3S2. The summed E-state index contributed by atoms with van der Waals surface area (Å²) in [5, 5.41) is 7.55. The molecule has 0 atom stereocenters. The third-order valence-electron chi connectivity index (χ3n) is 3.36. The maximum Gasteiger partial charge on any atom is 0.136 e. The van der Waals surface area contributed by atoms with Gasteiger partial charge in [0.05, 0.1) is 5.56 Å². The second kappa shape index (κ2) is 5.27. The molecule has 0 aliphatic heterocycles. The molecule has 0 aromatic carbocycles. The van der Waals surface area contributed by atoms with Crippen molar-refractivity contribution in [3.05, 3.63) is 45.3 Å². The van der Waals surface area contributed by atoms with Crippen LogP contribution in [0.15, 0.2) is 22.9 Å². The van der Waals surface area contributed by atoms with Crippen molar-refractivity contribution in [1.82, 2.24) is 4.98 Å². The number of nitrogens with one attached hydrogen (secondary N) is 1. The number of thiocarbonyl (C=S) groups is 1. The number of hydrogen-bond acceptors (Lipinski definition) is 4. The van der Waals surface area contributed by atoms with Gasteiger partial charge in [0.1, 0.15) is 10.8 Å². The average molecular weight is 289 g/mol. The molecule has 0 radical (unpaired) electrons. The van der Waals surface area contributed by atoms with E-state index in [0.29, 0.717) is 4.99 Å². The number of rotatable bonds is 4. The smallest absolute Gasteiger partial charge is 0.136 e. The van der Waals surface area contributed by atoms with Gasteiger partial charge in [0.25, 0.3) is 0 Å². The van der Waals surface area contributed by atoms with Crippen LogP contribution < -0.4 is 11.1 Å². The number of anilines is 1. The van der Waals surface area contributed by atoms with Crippen LogP contribution in [0.5, 0.6) is 0 Å². The van der Waals surface area contributed by atoms with Crippen LogP contribution in [0.25, 0.3) is 0 Å². The van der Waals surface area contributed by atoms with Crippen molar-refractivity contribution in [1.29, 1.82) is 0 Å². The molecule has 0 fully saturated rings. The Kier molecular flexibility index (Phi) is 3.48. The van der Waals surface area contributed by atoms with Crippen LogP contribution in [0, 0.1) is 0 Å². The summed E-state index contributed by atoms with van der Waals surface area (Å²) >= 11 is 6.83. The molecular weight excluding hydrogens is 274 g/mol. The van der Waals surface area contributed by atoms with Gasteiger partial charge in [0, 0.05) is 12.2 Å². The van der Waals surface area contributed by atoms with Gasteiger partial charge in [-0.1, -0.05) is 12.2 Å². The Balaban J connectivity index is 1.88. The first-order valence-electron chi connectivity index (χ1n) is 6.31. The SMILES string of the molecule is NC(=S)c1cc2c(nc1NCc1ccsc1)CCC2. The molecule has 1 aliphatic rings. The fraction of sp³-hybridized carbons (Fsp3) is 0.286. The lowest BCUT2D eigenvalue weighted by Crippen LogP contribution is -2.15. The minimum Gasteiger partial charge on any atom is -0.389 e. The van der Waals surface area contributed by atoms with Gasteiger partial charge in [-0.05, 0) is 53.3 Å². The number of fused-ring (bicyclic) bond motifs is 1. The van der Waals surface area contributed by atoms with Gasteiger partial charge in [-0.3, -0.25) is 0 Å². The third-order valence-corrected chi connectivity index (χ3v) is 4.31. The number of aryl methyl sites for hydroxylation is 2. The lowest BCUT2D eigenvalue weighted by Gasteiger charge is -2.12. The topological polar surface area (TPSA) is 50.9 Å². The molecule has 0 bridgehead atoms. The number of pyridine rings is 1. The van der Waals surface area contributed by atoms with Gasteiger partial charge in [0.15, 0.2) is 0 Å². The molecule has 2 heterocycles. The first kappa shape index (κ1) is 12.6. The largest absolute Gasteiger partial charge is 0.389 e. The zero-order valence-electron chi connectivity index (χ0n) is 10.5. The van der Waals surface area contributed by atoms with E-state index in [1.807, 2.05) is 0 Å². The third kappa shape index (κ3) is 2.62. The minimum absolute atomic E-state index is 0.412. The van der Waals surface area contributed by atoms with Crippen molar-refractivity contribution < 1.29 is 0 Å². The van der Waals surface area contributed by atoms with Gasteiger partial charge in [0.2, 0.25) is 0 Å². The van der Waals surface area contributed by atoms with E-state index in [4.69, 9.17) is 22.9 Å². The molecule has 0 saturated heterocycles. The van der Waals surface area contributed by atoms with E-state index in [0.717, 1.165) is 30.8 Å². The normalized spacial score (nSPS) is 13.3. The van der Waals surface area contributed by atoms with E-state index in [1.54, 1.807) is 11.3 Å². The van der Waals surface area contributed by atoms with Crippen LogP contribution in [-0.2, 0) is 19.4 Å². The fourth-order valence-electron chi connectivity index (χ4n) is 2.37. The van der Waals surface area contributed by atoms with Crippen LogP contribution in [0.4, 0.5) is 5.82 Å². The summed E-state index contributed by atoms with van der Waals surface area (Å²) in [6.45, 7) is 0.755. The van der Waals surface area contributed by atoms with Crippen molar-refractivity contribution in [3.8, 4) is 0 Å². The molecule has 2 aromatic rings. The number of nitrogens with zero attached hydrogens (tertiary/aromatic N) is 1. The molecule has 19 heavy (non-hydrogen) atoms. The predicted molar refractivity (Wildman–Crippen MR) is 83.8 cm³/mol. The summed E-state index contributed by atoms with van der Waals surface area (Å²) in [6.07, 6.45) is 3.32. The molecule has 0 spiro atoms. The molecule has 3 N–H and O–H groups in total. The average Bonchev–Trinajstić information content (AvgIpc) is 3.05. The zero-order valence-corrected chi connectivity index (χ0v) is 12.1. The van der Waals surface area contributed by atoms with E-state index in [-0.39, 0.29) is 0 Å². The van der Waals surface area contributed by atoms with Gasteiger partial charge in [-0.2, -0.15) is 11.3 Å². The highest BCUT2D eigenvalue weighted by Gasteiger charge is 2.17. The first-order valence-corrected chi connectivity index (χ1v) is 7.66. The number of aromatic nitrogens is 1. The molecule has 5 heteroatoms. The molecule has 3 rings (SSSR count). The van der Waals surface area contributed by atoms with Gasteiger partial charge in [-0.25, -0.2) is 4.98 Å². The molecule has 0 amide bonds. The van der Waals surface area contributed by atoms with Crippen molar-refractivity contribution in [2.75, 3.05) is 5.32 Å². The second-order valence-corrected chi connectivity index (χ2v) is 5.91. The molecule has 0 saturated carbocycles. The Hall–Kier alpha value is -1.46. The Morgan fingerprint density at radius 2 is 2.37 bits per heavy atom. The number of thiophene rings is 1. The predicted octanol–water partition coefficient (Wildman–Crippen LogP) is 2.88. The van der Waals surface area contributed by atoms with Crippen molar-refractivity contribution in [3.63, 3.8) is 0 Å². The summed E-state index contributed by atoms with van der Waals surface area (Å²) in [5.74, 6) is 0.819. The summed E-state index contributed by atoms with van der Waals surface area (Å²) in [5.41, 5.74) is 10.4. The number of hydrogen-bond donors (Lipinski definition) is 2. The van der Waals surface area contributed by atoms with Crippen molar-refractivity contribution in [2.24, 2.45) is 5.73 Å². The standard InChI is InChI=1S/C14H15N3S2/c15-13(18)11-6-10-2-1-3-12(10)17-14(11)16-7-9-4-5-19-8-9/h4-6,8H,1-3,7H2,(H2,15,18)(H,16,17). The molecule has 3 nitrogen and oxygen atoms in total. The molecule has 98 valence electrons. The molecule has 1 aliphatic carbocycles. The van der Waals surface area contributed by atoms with Crippen LogP contribution >= 0.6 is 23.6 Å². The fourth-order valence-corrected chi connectivity index (χ4v) is 3.20. The summed E-state index contributed by atoms with van der Waals surface area (Å²) in [6, 6.07) is 4.21. The van der Waals surface area contributed by atoms with Crippen LogP contribution in [0.3, 0.4) is 0 Å². The van der Waals surface area contributed by atoms with E-state index in [2.05, 4.69) is 28.2 Å². The molecule has 0 unspecified atom stereocenters. The van der Waals surface area contributed by atoms with Crippen LogP contribution in [0.2, 0.25) is 0 Å². The Labute approximate surface area is 121 Å². The zero-order chi connectivity index (χ0) is 13.2. The van der Waals surface area contributed by atoms with Crippen molar-refractivity contribution >= 4 is 34.4 Å². The highest BCUT2D eigenvalue weighted by Crippen LogP contribution is 2.25. The second-order valence-electron chi connectivity index (χ2n) is 4.69. The minimum atomic E-state index is 0.412. The quantitative estimate of drug-likeness (QED) is 0.850.